The number of hydrogen-bond acceptors (Lipinski definition) is 3. The molecule has 0 saturated carbocycles. The molecule has 2 aliphatic rings. The zero-order valence-electron chi connectivity index (χ0n) is 13.9. The van der Waals surface area contributed by atoms with E-state index in [1.807, 2.05) is 6.07 Å². The van der Waals surface area contributed by atoms with Gasteiger partial charge in [0.05, 0.1) is 5.75 Å². The molecule has 0 radical (unpaired) electrons. The molecule has 7 heteroatoms. The Bertz CT molecular complexity index is 727. The van der Waals surface area contributed by atoms with Gasteiger partial charge in [-0.1, -0.05) is 12.1 Å². The van der Waals surface area contributed by atoms with Crippen LogP contribution in [0, 0.1) is 11.2 Å². The first kappa shape index (κ1) is 17.4. The van der Waals surface area contributed by atoms with E-state index in [-0.39, 0.29) is 22.9 Å². The largest absolute Gasteiger partial charge is 0.338 e. The fourth-order valence-electron chi connectivity index (χ4n) is 3.74. The first-order chi connectivity index (χ1) is 11.3. The molecule has 0 N–H and O–H groups in total. The molecule has 3 rings (SSSR count). The van der Waals surface area contributed by atoms with E-state index in [4.69, 9.17) is 0 Å². The average molecular weight is 354 g/mol. The van der Waals surface area contributed by atoms with Crippen LogP contribution in [-0.2, 0) is 21.4 Å². The summed E-state index contributed by atoms with van der Waals surface area (Å²) >= 11 is 0. The van der Waals surface area contributed by atoms with E-state index < -0.39 is 10.0 Å². The van der Waals surface area contributed by atoms with Crippen LogP contribution in [0.2, 0.25) is 0 Å². The lowest BCUT2D eigenvalue weighted by molar-refractivity contribution is -0.128. The van der Waals surface area contributed by atoms with Gasteiger partial charge < -0.3 is 4.90 Å². The second-order valence-electron chi connectivity index (χ2n) is 6.86. The molecular weight excluding hydrogens is 331 g/mol. The molecule has 2 heterocycles. The van der Waals surface area contributed by atoms with Gasteiger partial charge in [-0.2, -0.15) is 0 Å². The number of benzene rings is 1. The molecule has 24 heavy (non-hydrogen) atoms. The highest BCUT2D eigenvalue weighted by atomic mass is 32.2. The summed E-state index contributed by atoms with van der Waals surface area (Å²) < 4.78 is 38.8. The van der Waals surface area contributed by atoms with Crippen LogP contribution in [0.1, 0.15) is 31.7 Å². The summed E-state index contributed by atoms with van der Waals surface area (Å²) in [6.07, 6.45) is 1.87. The van der Waals surface area contributed by atoms with Crippen LogP contribution in [0.5, 0.6) is 0 Å². The van der Waals surface area contributed by atoms with Crippen LogP contribution in [0.3, 0.4) is 0 Å². The first-order valence-corrected chi connectivity index (χ1v) is 9.95. The number of nitrogens with zero attached hydrogens (tertiary/aromatic N) is 2. The monoisotopic (exact) mass is 354 g/mol. The summed E-state index contributed by atoms with van der Waals surface area (Å²) in [7, 11) is -3.15. The Hall–Kier alpha value is -1.47. The van der Waals surface area contributed by atoms with E-state index in [9.17, 15) is 17.6 Å². The molecule has 1 aromatic carbocycles. The number of piperidine rings is 1. The molecule has 0 aliphatic carbocycles. The Morgan fingerprint density at radius 2 is 1.96 bits per heavy atom. The van der Waals surface area contributed by atoms with Gasteiger partial charge in [-0.15, -0.1) is 0 Å². The minimum absolute atomic E-state index is 0.0751. The number of hydrogen-bond donors (Lipinski definition) is 0. The topological polar surface area (TPSA) is 57.7 Å². The molecule has 1 amide bonds. The number of halogens is 1. The van der Waals surface area contributed by atoms with Crippen molar-refractivity contribution in [1.82, 2.24) is 9.21 Å². The standard InChI is InChI=1S/C17H23FN2O3S/c1-2-24(22,23)20-8-6-17(7-9-20)11-16(21)19(13-17)12-14-4-3-5-15(18)10-14/h3-5,10H,2,6-9,11-13H2,1H3. The summed E-state index contributed by atoms with van der Waals surface area (Å²) in [6.45, 7) is 3.66. The molecule has 0 unspecified atom stereocenters. The van der Waals surface area contributed by atoms with Crippen molar-refractivity contribution >= 4 is 15.9 Å². The predicted octanol–water partition coefficient (Wildman–Crippen LogP) is 1.99. The Balaban J connectivity index is 1.65. The molecule has 2 fully saturated rings. The third-order valence-electron chi connectivity index (χ3n) is 5.21. The van der Waals surface area contributed by atoms with E-state index in [0.717, 1.165) is 5.56 Å². The minimum atomic E-state index is -3.15. The summed E-state index contributed by atoms with van der Waals surface area (Å²) in [5, 5.41) is 0. The number of rotatable bonds is 4. The molecule has 0 aromatic heterocycles. The van der Waals surface area contributed by atoms with Gasteiger partial charge in [0.15, 0.2) is 0 Å². The SMILES string of the molecule is CCS(=O)(=O)N1CCC2(CC1)CC(=O)N(Cc1cccc(F)c1)C2. The second kappa shape index (κ2) is 6.44. The van der Waals surface area contributed by atoms with Crippen LogP contribution in [-0.4, -0.2) is 48.9 Å². The van der Waals surface area contributed by atoms with Crippen LogP contribution in [0.15, 0.2) is 24.3 Å². The van der Waals surface area contributed by atoms with Gasteiger partial charge >= 0.3 is 0 Å². The van der Waals surface area contributed by atoms with Gasteiger partial charge in [-0.3, -0.25) is 4.79 Å². The van der Waals surface area contributed by atoms with Crippen molar-refractivity contribution in [3.63, 3.8) is 0 Å². The van der Waals surface area contributed by atoms with Crippen LogP contribution in [0.25, 0.3) is 0 Å². The van der Waals surface area contributed by atoms with Gasteiger partial charge in [0.25, 0.3) is 0 Å². The third kappa shape index (κ3) is 3.47. The maximum Gasteiger partial charge on any atom is 0.223 e. The smallest absolute Gasteiger partial charge is 0.223 e. The van der Waals surface area contributed by atoms with Crippen molar-refractivity contribution < 1.29 is 17.6 Å². The van der Waals surface area contributed by atoms with Crippen molar-refractivity contribution in [2.75, 3.05) is 25.4 Å². The Labute approximate surface area is 142 Å². The molecule has 5 nitrogen and oxygen atoms in total. The quantitative estimate of drug-likeness (QED) is 0.831. The second-order valence-corrected chi connectivity index (χ2v) is 9.11. The van der Waals surface area contributed by atoms with E-state index >= 15 is 0 Å². The maximum absolute atomic E-state index is 13.3. The Kier molecular flexibility index (Phi) is 4.66. The van der Waals surface area contributed by atoms with E-state index in [1.165, 1.54) is 16.4 Å². The van der Waals surface area contributed by atoms with Gasteiger partial charge in [0.1, 0.15) is 5.82 Å². The van der Waals surface area contributed by atoms with Gasteiger partial charge in [0.2, 0.25) is 15.9 Å². The highest BCUT2D eigenvalue weighted by molar-refractivity contribution is 7.89. The molecule has 132 valence electrons. The lowest BCUT2D eigenvalue weighted by Gasteiger charge is -2.38. The van der Waals surface area contributed by atoms with Crippen LogP contribution < -0.4 is 0 Å². The Morgan fingerprint density at radius 3 is 2.58 bits per heavy atom. The predicted molar refractivity (Wildman–Crippen MR) is 89.1 cm³/mol. The minimum Gasteiger partial charge on any atom is -0.338 e. The lowest BCUT2D eigenvalue weighted by Crippen LogP contribution is -2.44. The normalized spacial score (nSPS) is 21.6. The molecule has 2 saturated heterocycles. The molecule has 0 atom stereocenters. The highest BCUT2D eigenvalue weighted by Crippen LogP contribution is 2.42. The van der Waals surface area contributed by atoms with Crippen LogP contribution >= 0.6 is 0 Å². The number of carbonyl (C=O) groups excluding carboxylic acids is 1. The van der Waals surface area contributed by atoms with Crippen molar-refractivity contribution in [3.8, 4) is 0 Å². The molecule has 1 spiro atoms. The zero-order valence-corrected chi connectivity index (χ0v) is 14.7. The maximum atomic E-state index is 13.3. The van der Waals surface area contributed by atoms with E-state index in [2.05, 4.69) is 0 Å². The van der Waals surface area contributed by atoms with Gasteiger partial charge in [-0.05, 0) is 42.9 Å². The molecule has 0 bridgehead atoms. The average Bonchev–Trinajstić information content (AvgIpc) is 2.83. The van der Waals surface area contributed by atoms with Crippen molar-refractivity contribution in [2.45, 2.75) is 32.7 Å². The molecule has 1 aromatic rings. The van der Waals surface area contributed by atoms with E-state index in [1.54, 1.807) is 17.9 Å². The fourth-order valence-corrected chi connectivity index (χ4v) is 4.84. The summed E-state index contributed by atoms with van der Waals surface area (Å²) in [4.78, 5) is 14.1. The number of sulfonamides is 1. The van der Waals surface area contributed by atoms with Crippen molar-refractivity contribution in [3.05, 3.63) is 35.6 Å². The van der Waals surface area contributed by atoms with Gasteiger partial charge in [0, 0.05) is 32.6 Å². The first-order valence-electron chi connectivity index (χ1n) is 8.34. The van der Waals surface area contributed by atoms with Crippen molar-refractivity contribution in [1.29, 1.82) is 0 Å². The zero-order chi connectivity index (χ0) is 17.4. The lowest BCUT2D eigenvalue weighted by atomic mass is 9.78. The number of carbonyl (C=O) groups is 1. The fraction of sp³-hybridized carbons (Fsp3) is 0.588. The summed E-state index contributed by atoms with van der Waals surface area (Å²) in [5.74, 6) is -0.108. The molecule has 2 aliphatic heterocycles. The third-order valence-corrected chi connectivity index (χ3v) is 7.09. The Morgan fingerprint density at radius 1 is 1.25 bits per heavy atom. The number of amides is 1. The number of likely N-dealkylation sites (tertiary alicyclic amines) is 1. The highest BCUT2D eigenvalue weighted by Gasteiger charge is 2.46. The van der Waals surface area contributed by atoms with E-state index in [0.29, 0.717) is 45.4 Å². The van der Waals surface area contributed by atoms with Crippen LogP contribution in [0.4, 0.5) is 4.39 Å². The molecular formula is C17H23FN2O3S. The van der Waals surface area contributed by atoms with Gasteiger partial charge in [-0.25, -0.2) is 17.1 Å². The summed E-state index contributed by atoms with van der Waals surface area (Å²) in [6, 6.07) is 6.31. The summed E-state index contributed by atoms with van der Waals surface area (Å²) in [5.41, 5.74) is 0.649. The van der Waals surface area contributed by atoms with Crippen molar-refractivity contribution in [2.24, 2.45) is 5.41 Å².